The van der Waals surface area contributed by atoms with Gasteiger partial charge in [-0.2, -0.15) is 0 Å². The Morgan fingerprint density at radius 1 is 1.08 bits per heavy atom. The zero-order chi connectivity index (χ0) is 17.0. The summed E-state index contributed by atoms with van der Waals surface area (Å²) in [5.41, 5.74) is 0.934. The molecule has 0 aliphatic rings. The summed E-state index contributed by atoms with van der Waals surface area (Å²) < 4.78 is 10.8. The molecule has 0 aliphatic carbocycles. The second kappa shape index (κ2) is 10.1. The number of pyridine rings is 1. The molecule has 6 nitrogen and oxygen atoms in total. The molecule has 2 rings (SSSR count). The van der Waals surface area contributed by atoms with Crippen molar-refractivity contribution in [1.29, 1.82) is 0 Å². The Bertz CT molecular complexity index is 615. The Hall–Kier alpha value is -2.76. The third-order valence-corrected chi connectivity index (χ3v) is 3.19. The molecule has 128 valence electrons. The van der Waals surface area contributed by atoms with Crippen LogP contribution in [0.15, 0.2) is 53.7 Å². The van der Waals surface area contributed by atoms with Crippen molar-refractivity contribution < 1.29 is 9.47 Å². The average Bonchev–Trinajstić information content (AvgIpc) is 2.64. The number of nitrogens with zero attached hydrogens (tertiary/aromatic N) is 2. The van der Waals surface area contributed by atoms with Crippen LogP contribution >= 0.6 is 0 Å². The molecule has 0 aliphatic heterocycles. The second-order valence-electron chi connectivity index (χ2n) is 4.97. The Kier molecular flexibility index (Phi) is 7.40. The fourth-order valence-corrected chi connectivity index (χ4v) is 2.00. The minimum absolute atomic E-state index is 0.537. The predicted octanol–water partition coefficient (Wildman–Crippen LogP) is 2.22. The normalized spacial score (nSPS) is 11.0. The number of methoxy groups -OCH3 is 1. The number of rotatable bonds is 8. The van der Waals surface area contributed by atoms with E-state index in [0.29, 0.717) is 19.7 Å². The van der Waals surface area contributed by atoms with E-state index in [9.17, 15) is 0 Å². The van der Waals surface area contributed by atoms with Gasteiger partial charge < -0.3 is 20.1 Å². The van der Waals surface area contributed by atoms with E-state index in [1.807, 2.05) is 49.4 Å². The highest BCUT2D eigenvalue weighted by atomic mass is 16.5. The van der Waals surface area contributed by atoms with Crippen molar-refractivity contribution in [1.82, 2.24) is 15.6 Å². The van der Waals surface area contributed by atoms with Gasteiger partial charge in [-0.05, 0) is 43.3 Å². The zero-order valence-corrected chi connectivity index (χ0v) is 14.2. The SMILES string of the molecule is CCNC(=NCc1ccccn1)NCCOc1ccc(OC)cc1. The summed E-state index contributed by atoms with van der Waals surface area (Å²) in [5, 5.41) is 6.45. The van der Waals surface area contributed by atoms with Gasteiger partial charge >= 0.3 is 0 Å². The van der Waals surface area contributed by atoms with Crippen LogP contribution < -0.4 is 20.1 Å². The molecule has 2 aromatic rings. The first-order valence-corrected chi connectivity index (χ1v) is 8.00. The Morgan fingerprint density at radius 2 is 1.88 bits per heavy atom. The van der Waals surface area contributed by atoms with Gasteiger partial charge in [-0.3, -0.25) is 4.98 Å². The van der Waals surface area contributed by atoms with Crippen LogP contribution in [0.1, 0.15) is 12.6 Å². The minimum Gasteiger partial charge on any atom is -0.497 e. The third kappa shape index (κ3) is 6.16. The molecule has 0 bridgehead atoms. The van der Waals surface area contributed by atoms with E-state index in [4.69, 9.17) is 9.47 Å². The molecule has 0 fully saturated rings. The van der Waals surface area contributed by atoms with Crippen LogP contribution in [0.4, 0.5) is 0 Å². The highest BCUT2D eigenvalue weighted by molar-refractivity contribution is 5.79. The molecule has 1 aromatic carbocycles. The molecule has 0 atom stereocenters. The van der Waals surface area contributed by atoms with Crippen LogP contribution in [-0.4, -0.2) is 37.7 Å². The van der Waals surface area contributed by atoms with E-state index in [0.717, 1.165) is 29.7 Å². The first kappa shape index (κ1) is 17.6. The average molecular weight is 328 g/mol. The lowest BCUT2D eigenvalue weighted by molar-refractivity contribution is 0.321. The van der Waals surface area contributed by atoms with Crippen LogP contribution in [0.2, 0.25) is 0 Å². The van der Waals surface area contributed by atoms with Crippen molar-refractivity contribution in [2.75, 3.05) is 26.8 Å². The number of nitrogens with one attached hydrogen (secondary N) is 2. The van der Waals surface area contributed by atoms with Crippen molar-refractivity contribution in [3.63, 3.8) is 0 Å². The molecule has 24 heavy (non-hydrogen) atoms. The quantitative estimate of drug-likeness (QED) is 0.442. The van der Waals surface area contributed by atoms with Crippen LogP contribution in [-0.2, 0) is 6.54 Å². The van der Waals surface area contributed by atoms with Gasteiger partial charge in [0.25, 0.3) is 0 Å². The molecular weight excluding hydrogens is 304 g/mol. The Balaban J connectivity index is 1.76. The molecular formula is C18H24N4O2. The lowest BCUT2D eigenvalue weighted by atomic mass is 10.3. The number of aliphatic imine (C=N–C) groups is 1. The summed E-state index contributed by atoms with van der Waals surface area (Å²) in [7, 11) is 1.65. The van der Waals surface area contributed by atoms with Crippen molar-refractivity contribution in [2.45, 2.75) is 13.5 Å². The predicted molar refractivity (Wildman–Crippen MR) is 95.5 cm³/mol. The number of hydrogen-bond acceptors (Lipinski definition) is 4. The summed E-state index contributed by atoms with van der Waals surface area (Å²) in [6.07, 6.45) is 1.77. The van der Waals surface area contributed by atoms with Crippen molar-refractivity contribution >= 4 is 5.96 Å². The summed E-state index contributed by atoms with van der Waals surface area (Å²) in [6, 6.07) is 13.3. The Morgan fingerprint density at radius 3 is 2.54 bits per heavy atom. The highest BCUT2D eigenvalue weighted by Crippen LogP contribution is 2.16. The summed E-state index contributed by atoms with van der Waals surface area (Å²) >= 11 is 0. The fraction of sp³-hybridized carbons (Fsp3) is 0.333. The molecule has 2 N–H and O–H groups in total. The maximum atomic E-state index is 5.68. The number of ether oxygens (including phenoxy) is 2. The smallest absolute Gasteiger partial charge is 0.191 e. The topological polar surface area (TPSA) is 67.8 Å². The Labute approximate surface area is 142 Å². The maximum Gasteiger partial charge on any atom is 0.191 e. The molecule has 1 heterocycles. The van der Waals surface area contributed by atoms with Gasteiger partial charge in [-0.25, -0.2) is 4.99 Å². The van der Waals surface area contributed by atoms with Gasteiger partial charge in [0.05, 0.1) is 25.9 Å². The standard InChI is InChI=1S/C18H24N4O2/c1-3-19-18(22-14-15-6-4-5-11-20-15)21-12-13-24-17-9-7-16(23-2)8-10-17/h4-11H,3,12-14H2,1-2H3,(H2,19,21,22). The molecule has 1 aromatic heterocycles. The zero-order valence-electron chi connectivity index (χ0n) is 14.2. The fourth-order valence-electron chi connectivity index (χ4n) is 2.00. The molecule has 6 heteroatoms. The van der Waals surface area contributed by atoms with Gasteiger partial charge in [-0.15, -0.1) is 0 Å². The van der Waals surface area contributed by atoms with Crippen LogP contribution in [0.5, 0.6) is 11.5 Å². The molecule has 0 amide bonds. The van der Waals surface area contributed by atoms with Gasteiger partial charge in [0.2, 0.25) is 0 Å². The van der Waals surface area contributed by atoms with E-state index in [2.05, 4.69) is 20.6 Å². The molecule has 0 radical (unpaired) electrons. The summed E-state index contributed by atoms with van der Waals surface area (Å²) in [6.45, 7) is 4.56. The van der Waals surface area contributed by atoms with Crippen LogP contribution in [0.25, 0.3) is 0 Å². The molecule has 0 saturated heterocycles. The van der Waals surface area contributed by atoms with Crippen molar-refractivity contribution in [2.24, 2.45) is 4.99 Å². The number of benzene rings is 1. The largest absolute Gasteiger partial charge is 0.497 e. The van der Waals surface area contributed by atoms with Crippen molar-refractivity contribution in [3.05, 3.63) is 54.4 Å². The monoisotopic (exact) mass is 328 g/mol. The van der Waals surface area contributed by atoms with E-state index in [-0.39, 0.29) is 0 Å². The van der Waals surface area contributed by atoms with Gasteiger partial charge in [-0.1, -0.05) is 6.07 Å². The molecule has 0 saturated carbocycles. The highest BCUT2D eigenvalue weighted by Gasteiger charge is 1.99. The van der Waals surface area contributed by atoms with E-state index in [1.54, 1.807) is 13.3 Å². The number of aromatic nitrogens is 1. The molecule has 0 spiro atoms. The lowest BCUT2D eigenvalue weighted by Crippen LogP contribution is -2.39. The van der Waals surface area contributed by atoms with Gasteiger partial charge in [0, 0.05) is 12.7 Å². The van der Waals surface area contributed by atoms with Crippen LogP contribution in [0.3, 0.4) is 0 Å². The number of hydrogen-bond donors (Lipinski definition) is 2. The van der Waals surface area contributed by atoms with Gasteiger partial charge in [0.15, 0.2) is 5.96 Å². The van der Waals surface area contributed by atoms with E-state index < -0.39 is 0 Å². The first-order chi connectivity index (χ1) is 11.8. The van der Waals surface area contributed by atoms with Crippen molar-refractivity contribution in [3.8, 4) is 11.5 Å². The molecule has 0 unspecified atom stereocenters. The summed E-state index contributed by atoms with van der Waals surface area (Å²) in [5.74, 6) is 2.38. The van der Waals surface area contributed by atoms with E-state index in [1.165, 1.54) is 0 Å². The third-order valence-electron chi connectivity index (χ3n) is 3.19. The summed E-state index contributed by atoms with van der Waals surface area (Å²) in [4.78, 5) is 8.77. The minimum atomic E-state index is 0.537. The maximum absolute atomic E-state index is 5.68. The number of guanidine groups is 1. The van der Waals surface area contributed by atoms with E-state index >= 15 is 0 Å². The van der Waals surface area contributed by atoms with Gasteiger partial charge in [0.1, 0.15) is 18.1 Å². The second-order valence-corrected chi connectivity index (χ2v) is 4.97. The lowest BCUT2D eigenvalue weighted by Gasteiger charge is -2.12. The first-order valence-electron chi connectivity index (χ1n) is 8.00. The van der Waals surface area contributed by atoms with Crippen LogP contribution in [0, 0.1) is 0 Å².